The van der Waals surface area contributed by atoms with E-state index in [0.717, 1.165) is 13.0 Å². The van der Waals surface area contributed by atoms with Gasteiger partial charge in [-0.15, -0.1) is 0 Å². The van der Waals surface area contributed by atoms with Crippen LogP contribution in [0.5, 0.6) is 0 Å². The molecule has 1 atom stereocenters. The van der Waals surface area contributed by atoms with Crippen LogP contribution in [-0.2, 0) is 9.53 Å². The van der Waals surface area contributed by atoms with Crippen LogP contribution in [0.25, 0.3) is 0 Å². The summed E-state index contributed by atoms with van der Waals surface area (Å²) in [6, 6.07) is 5.38. The largest absolute Gasteiger partial charge is 0.399 e. The summed E-state index contributed by atoms with van der Waals surface area (Å²) >= 11 is 6.02. The van der Waals surface area contributed by atoms with Gasteiger partial charge in [0.15, 0.2) is 0 Å². The van der Waals surface area contributed by atoms with Gasteiger partial charge in [-0.2, -0.15) is 0 Å². The Balaban J connectivity index is 2.34. The third-order valence-corrected chi connectivity index (χ3v) is 3.65. The predicted octanol–water partition coefficient (Wildman–Crippen LogP) is 2.61. The number of nitrogen functional groups attached to an aromatic ring is 1. The zero-order chi connectivity index (χ0) is 15.8. The number of ether oxygens (including phenoxy) is 1. The molecule has 21 heavy (non-hydrogen) atoms. The van der Waals surface area contributed by atoms with Crippen molar-refractivity contribution >= 4 is 28.9 Å². The number of anilines is 2. The van der Waals surface area contributed by atoms with Gasteiger partial charge in [0.1, 0.15) is 0 Å². The second kappa shape index (κ2) is 8.87. The average Bonchev–Trinajstić information content (AvgIpc) is 2.42. The number of carbonyl (C=O) groups excluding carboxylic acids is 1. The smallest absolute Gasteiger partial charge is 0.224 e. The number of hydrogen-bond acceptors (Lipinski definition) is 4. The predicted molar refractivity (Wildman–Crippen MR) is 87.7 cm³/mol. The monoisotopic (exact) mass is 313 g/mol. The van der Waals surface area contributed by atoms with Crippen LogP contribution in [0.15, 0.2) is 18.2 Å². The van der Waals surface area contributed by atoms with Crippen molar-refractivity contribution in [3.05, 3.63) is 23.2 Å². The Kier molecular flexibility index (Phi) is 7.50. The first-order chi connectivity index (χ1) is 9.93. The number of nitrogens with two attached hydrogens (primary N) is 1. The van der Waals surface area contributed by atoms with E-state index >= 15 is 0 Å². The maximum Gasteiger partial charge on any atom is 0.224 e. The van der Waals surface area contributed by atoms with Crippen LogP contribution in [0.4, 0.5) is 11.4 Å². The number of amides is 1. The summed E-state index contributed by atoms with van der Waals surface area (Å²) in [5.41, 5.74) is 6.78. The Bertz CT molecular complexity index is 468. The quantitative estimate of drug-likeness (QED) is 0.724. The van der Waals surface area contributed by atoms with Crippen molar-refractivity contribution in [3.8, 4) is 0 Å². The molecule has 0 fully saturated rings. The minimum atomic E-state index is -0.0468. The van der Waals surface area contributed by atoms with Crippen molar-refractivity contribution in [3.63, 3.8) is 0 Å². The molecule has 0 saturated carbocycles. The normalized spacial score (nSPS) is 12.4. The van der Waals surface area contributed by atoms with Crippen LogP contribution in [0.2, 0.25) is 5.02 Å². The molecule has 0 saturated heterocycles. The molecule has 3 N–H and O–H groups in total. The van der Waals surface area contributed by atoms with Gasteiger partial charge in [0.25, 0.3) is 0 Å². The topological polar surface area (TPSA) is 67.6 Å². The molecule has 0 radical (unpaired) electrons. The van der Waals surface area contributed by atoms with E-state index in [1.165, 1.54) is 0 Å². The lowest BCUT2D eigenvalue weighted by Gasteiger charge is -2.23. The van der Waals surface area contributed by atoms with Gasteiger partial charge in [0.05, 0.1) is 17.3 Å². The molecule has 1 unspecified atom stereocenters. The number of carbonyl (C=O) groups is 1. The summed E-state index contributed by atoms with van der Waals surface area (Å²) in [5, 5.41) is 3.25. The number of nitrogens with one attached hydrogen (secondary N) is 1. The van der Waals surface area contributed by atoms with Crippen LogP contribution in [-0.4, -0.2) is 44.2 Å². The van der Waals surface area contributed by atoms with Crippen molar-refractivity contribution in [2.24, 2.45) is 0 Å². The van der Waals surface area contributed by atoms with Gasteiger partial charge in [-0.1, -0.05) is 11.6 Å². The molecule has 1 aromatic rings. The molecule has 1 aromatic carbocycles. The highest BCUT2D eigenvalue weighted by Gasteiger charge is 2.10. The summed E-state index contributed by atoms with van der Waals surface area (Å²) in [6.07, 6.45) is 1.23. The zero-order valence-corrected chi connectivity index (χ0v) is 13.6. The first-order valence-electron chi connectivity index (χ1n) is 6.98. The number of likely N-dealkylation sites (N-methyl/N-ethyl adjacent to an activating group) is 1. The summed E-state index contributed by atoms with van der Waals surface area (Å²) in [7, 11) is 3.71. The Morgan fingerprint density at radius 1 is 1.52 bits per heavy atom. The molecule has 5 nitrogen and oxygen atoms in total. The Morgan fingerprint density at radius 3 is 2.86 bits per heavy atom. The van der Waals surface area contributed by atoms with E-state index < -0.39 is 0 Å². The Labute approximate surface area is 131 Å². The average molecular weight is 314 g/mol. The maximum atomic E-state index is 11.9. The van der Waals surface area contributed by atoms with Gasteiger partial charge < -0.3 is 20.7 Å². The van der Waals surface area contributed by atoms with E-state index in [2.05, 4.69) is 17.1 Å². The lowest BCUT2D eigenvalue weighted by atomic mass is 10.2. The fourth-order valence-electron chi connectivity index (χ4n) is 1.92. The highest BCUT2D eigenvalue weighted by molar-refractivity contribution is 6.34. The molecule has 118 valence electrons. The molecule has 0 aliphatic carbocycles. The van der Waals surface area contributed by atoms with Crippen LogP contribution in [0.3, 0.4) is 0 Å². The van der Waals surface area contributed by atoms with Crippen LogP contribution >= 0.6 is 11.6 Å². The molecule has 6 heteroatoms. The number of benzene rings is 1. The molecular weight excluding hydrogens is 290 g/mol. The van der Waals surface area contributed by atoms with Crippen molar-refractivity contribution in [2.45, 2.75) is 25.8 Å². The standard InChI is InChI=1S/C15H24ClN3O2/c1-11(10-21-3)19(2)8-4-5-15(20)18-14-7-6-12(17)9-13(14)16/h6-7,9,11H,4-5,8,10,17H2,1-3H3,(H,18,20). The van der Waals surface area contributed by atoms with Crippen molar-refractivity contribution < 1.29 is 9.53 Å². The van der Waals surface area contributed by atoms with Gasteiger partial charge >= 0.3 is 0 Å². The fourth-order valence-corrected chi connectivity index (χ4v) is 2.16. The van der Waals surface area contributed by atoms with Crippen LogP contribution in [0, 0.1) is 0 Å². The number of methoxy groups -OCH3 is 1. The third kappa shape index (κ3) is 6.33. The van der Waals surface area contributed by atoms with Gasteiger partial charge in [-0.3, -0.25) is 4.79 Å². The maximum absolute atomic E-state index is 11.9. The van der Waals surface area contributed by atoms with E-state index in [1.807, 2.05) is 7.05 Å². The molecule has 0 aromatic heterocycles. The van der Waals surface area contributed by atoms with E-state index in [9.17, 15) is 4.79 Å². The van der Waals surface area contributed by atoms with E-state index in [0.29, 0.717) is 35.5 Å². The highest BCUT2D eigenvalue weighted by atomic mass is 35.5. The van der Waals surface area contributed by atoms with Gasteiger partial charge in [0, 0.05) is 25.3 Å². The Morgan fingerprint density at radius 2 is 2.24 bits per heavy atom. The number of rotatable bonds is 8. The molecule has 1 amide bonds. The summed E-state index contributed by atoms with van der Waals surface area (Å²) in [4.78, 5) is 14.1. The molecule has 1 rings (SSSR count). The van der Waals surface area contributed by atoms with E-state index in [1.54, 1.807) is 25.3 Å². The molecule has 0 bridgehead atoms. The second-order valence-electron chi connectivity index (χ2n) is 5.18. The van der Waals surface area contributed by atoms with E-state index in [-0.39, 0.29) is 5.91 Å². The zero-order valence-electron chi connectivity index (χ0n) is 12.9. The first kappa shape index (κ1) is 17.8. The summed E-state index contributed by atoms with van der Waals surface area (Å²) in [6.45, 7) is 3.62. The minimum absolute atomic E-state index is 0.0468. The molecule has 0 aliphatic heterocycles. The molecule has 0 heterocycles. The van der Waals surface area contributed by atoms with E-state index in [4.69, 9.17) is 22.1 Å². The number of nitrogens with zero attached hydrogens (tertiary/aromatic N) is 1. The second-order valence-corrected chi connectivity index (χ2v) is 5.58. The van der Waals surface area contributed by atoms with Crippen molar-refractivity contribution in [1.29, 1.82) is 0 Å². The summed E-state index contributed by atoms with van der Waals surface area (Å²) in [5.74, 6) is -0.0468. The van der Waals surface area contributed by atoms with Gasteiger partial charge in [-0.25, -0.2) is 0 Å². The minimum Gasteiger partial charge on any atom is -0.399 e. The lowest BCUT2D eigenvalue weighted by molar-refractivity contribution is -0.116. The molecular formula is C15H24ClN3O2. The fraction of sp³-hybridized carbons (Fsp3) is 0.533. The van der Waals surface area contributed by atoms with Crippen molar-refractivity contribution in [2.75, 3.05) is 38.4 Å². The van der Waals surface area contributed by atoms with Gasteiger partial charge in [-0.05, 0) is 45.1 Å². The molecule has 0 spiro atoms. The SMILES string of the molecule is COCC(C)N(C)CCCC(=O)Nc1ccc(N)cc1Cl. The van der Waals surface area contributed by atoms with Gasteiger partial charge in [0.2, 0.25) is 5.91 Å². The third-order valence-electron chi connectivity index (χ3n) is 3.34. The highest BCUT2D eigenvalue weighted by Crippen LogP contribution is 2.24. The Hall–Kier alpha value is -1.30. The lowest BCUT2D eigenvalue weighted by Crippen LogP contribution is -2.33. The number of hydrogen-bond donors (Lipinski definition) is 2. The van der Waals surface area contributed by atoms with Crippen molar-refractivity contribution in [1.82, 2.24) is 4.90 Å². The number of halogens is 1. The van der Waals surface area contributed by atoms with Crippen LogP contribution < -0.4 is 11.1 Å². The molecule has 0 aliphatic rings. The summed E-state index contributed by atoms with van der Waals surface area (Å²) < 4.78 is 5.11. The van der Waals surface area contributed by atoms with Crippen LogP contribution in [0.1, 0.15) is 19.8 Å². The first-order valence-corrected chi connectivity index (χ1v) is 7.36.